The van der Waals surface area contributed by atoms with Crippen molar-refractivity contribution in [2.45, 2.75) is 20.3 Å². The Kier molecular flexibility index (Phi) is 3.42. The number of pyridine rings is 1. The Morgan fingerprint density at radius 2 is 2.06 bits per heavy atom. The van der Waals surface area contributed by atoms with Crippen LogP contribution in [0.1, 0.15) is 34.0 Å². The summed E-state index contributed by atoms with van der Waals surface area (Å²) in [6.07, 6.45) is 4.34. The first kappa shape index (κ1) is 12.3. The molecule has 3 nitrogen and oxygen atoms in total. The standard InChI is InChI=1S/C15H16N2O/c1-10-5-12(9-17-8-10)6-13-3-4-14(16)7-15(13)11(2)18/h3-5,7-9H,6,16H2,1-2H3. The van der Waals surface area contributed by atoms with Gasteiger partial charge in [0.2, 0.25) is 0 Å². The van der Waals surface area contributed by atoms with Crippen LogP contribution in [0.5, 0.6) is 0 Å². The maximum atomic E-state index is 11.6. The topological polar surface area (TPSA) is 56.0 Å². The molecule has 0 bridgehead atoms. The summed E-state index contributed by atoms with van der Waals surface area (Å²) in [5.41, 5.74) is 10.2. The first-order valence-electron chi connectivity index (χ1n) is 5.86. The molecule has 1 aromatic carbocycles. The van der Waals surface area contributed by atoms with Gasteiger partial charge in [0.05, 0.1) is 0 Å². The third kappa shape index (κ3) is 2.74. The van der Waals surface area contributed by atoms with E-state index in [1.54, 1.807) is 13.0 Å². The van der Waals surface area contributed by atoms with E-state index in [0.717, 1.165) is 16.7 Å². The molecule has 2 N–H and O–H groups in total. The average Bonchev–Trinajstić information content (AvgIpc) is 2.31. The van der Waals surface area contributed by atoms with Crippen molar-refractivity contribution in [3.05, 3.63) is 58.9 Å². The molecule has 1 aromatic heterocycles. The van der Waals surface area contributed by atoms with E-state index in [9.17, 15) is 4.79 Å². The maximum Gasteiger partial charge on any atom is 0.160 e. The minimum absolute atomic E-state index is 0.0397. The molecule has 0 unspecified atom stereocenters. The van der Waals surface area contributed by atoms with Gasteiger partial charge in [0.25, 0.3) is 0 Å². The molecule has 0 atom stereocenters. The number of nitrogens with zero attached hydrogens (tertiary/aromatic N) is 1. The van der Waals surface area contributed by atoms with Crippen LogP contribution in [-0.4, -0.2) is 10.8 Å². The largest absolute Gasteiger partial charge is 0.399 e. The molecule has 18 heavy (non-hydrogen) atoms. The summed E-state index contributed by atoms with van der Waals surface area (Å²) in [5, 5.41) is 0. The highest BCUT2D eigenvalue weighted by molar-refractivity contribution is 5.96. The minimum atomic E-state index is 0.0397. The Balaban J connectivity index is 2.37. The van der Waals surface area contributed by atoms with Crippen LogP contribution in [0.25, 0.3) is 0 Å². The van der Waals surface area contributed by atoms with E-state index in [-0.39, 0.29) is 5.78 Å². The summed E-state index contributed by atoms with van der Waals surface area (Å²) in [7, 11) is 0. The number of hydrogen-bond acceptors (Lipinski definition) is 3. The summed E-state index contributed by atoms with van der Waals surface area (Å²) >= 11 is 0. The summed E-state index contributed by atoms with van der Waals surface area (Å²) in [6, 6.07) is 7.55. The number of carbonyl (C=O) groups excluding carboxylic acids is 1. The van der Waals surface area contributed by atoms with Crippen molar-refractivity contribution >= 4 is 11.5 Å². The Bertz CT molecular complexity index is 591. The fourth-order valence-electron chi connectivity index (χ4n) is 2.01. The predicted octanol–water partition coefficient (Wildman–Crippen LogP) is 2.77. The lowest BCUT2D eigenvalue weighted by atomic mass is 9.97. The highest BCUT2D eigenvalue weighted by Gasteiger charge is 2.08. The molecular formula is C15H16N2O. The summed E-state index contributed by atoms with van der Waals surface area (Å²) in [5.74, 6) is 0.0397. The van der Waals surface area contributed by atoms with E-state index in [0.29, 0.717) is 17.7 Å². The van der Waals surface area contributed by atoms with Gasteiger partial charge < -0.3 is 5.73 Å². The van der Waals surface area contributed by atoms with Gasteiger partial charge in [0, 0.05) is 23.6 Å². The quantitative estimate of drug-likeness (QED) is 0.663. The van der Waals surface area contributed by atoms with Crippen LogP contribution in [0.15, 0.2) is 36.7 Å². The van der Waals surface area contributed by atoms with E-state index in [4.69, 9.17) is 5.73 Å². The first-order valence-corrected chi connectivity index (χ1v) is 5.86. The number of ketones is 1. The van der Waals surface area contributed by atoms with Crippen molar-refractivity contribution in [1.29, 1.82) is 0 Å². The second kappa shape index (κ2) is 5.00. The number of hydrogen-bond donors (Lipinski definition) is 1. The molecule has 3 heteroatoms. The average molecular weight is 240 g/mol. The van der Waals surface area contributed by atoms with Crippen LogP contribution < -0.4 is 5.73 Å². The van der Waals surface area contributed by atoms with E-state index in [2.05, 4.69) is 11.1 Å². The van der Waals surface area contributed by atoms with Crippen molar-refractivity contribution in [2.24, 2.45) is 0 Å². The normalized spacial score (nSPS) is 10.3. The van der Waals surface area contributed by atoms with Gasteiger partial charge in [-0.05, 0) is 49.1 Å². The molecule has 0 aliphatic carbocycles. The molecule has 0 spiro atoms. The molecule has 1 heterocycles. The van der Waals surface area contributed by atoms with Crippen molar-refractivity contribution in [2.75, 3.05) is 5.73 Å². The molecule has 0 saturated carbocycles. The number of aryl methyl sites for hydroxylation is 1. The van der Waals surface area contributed by atoms with Gasteiger partial charge in [-0.2, -0.15) is 0 Å². The monoisotopic (exact) mass is 240 g/mol. The van der Waals surface area contributed by atoms with E-state index >= 15 is 0 Å². The smallest absolute Gasteiger partial charge is 0.160 e. The number of nitrogens with two attached hydrogens (primary N) is 1. The van der Waals surface area contributed by atoms with E-state index in [1.807, 2.05) is 31.5 Å². The summed E-state index contributed by atoms with van der Waals surface area (Å²) in [6.45, 7) is 3.57. The molecule has 0 fully saturated rings. The Morgan fingerprint density at radius 3 is 2.72 bits per heavy atom. The second-order valence-corrected chi connectivity index (χ2v) is 4.52. The number of anilines is 1. The highest BCUT2D eigenvalue weighted by Crippen LogP contribution is 2.18. The molecular weight excluding hydrogens is 224 g/mol. The van der Waals surface area contributed by atoms with Crippen LogP contribution >= 0.6 is 0 Å². The van der Waals surface area contributed by atoms with Crippen LogP contribution in [-0.2, 0) is 6.42 Å². The number of Topliss-reactive ketones (excluding diaryl/α,β-unsaturated/α-hetero) is 1. The predicted molar refractivity (Wildman–Crippen MR) is 72.6 cm³/mol. The minimum Gasteiger partial charge on any atom is -0.399 e. The zero-order valence-electron chi connectivity index (χ0n) is 10.6. The lowest BCUT2D eigenvalue weighted by Crippen LogP contribution is -2.02. The van der Waals surface area contributed by atoms with Crippen molar-refractivity contribution < 1.29 is 4.79 Å². The molecule has 2 aromatic rings. The summed E-state index contributed by atoms with van der Waals surface area (Å²) in [4.78, 5) is 15.8. The number of carbonyl (C=O) groups is 1. The molecule has 0 saturated heterocycles. The van der Waals surface area contributed by atoms with Crippen molar-refractivity contribution in [1.82, 2.24) is 4.98 Å². The molecule has 0 aliphatic rings. The molecule has 0 radical (unpaired) electrons. The van der Waals surface area contributed by atoms with Crippen molar-refractivity contribution in [3.63, 3.8) is 0 Å². The van der Waals surface area contributed by atoms with Gasteiger partial charge in [-0.25, -0.2) is 0 Å². The lowest BCUT2D eigenvalue weighted by Gasteiger charge is -2.08. The van der Waals surface area contributed by atoms with Crippen LogP contribution in [0.3, 0.4) is 0 Å². The zero-order chi connectivity index (χ0) is 13.1. The number of benzene rings is 1. The van der Waals surface area contributed by atoms with E-state index in [1.165, 1.54) is 0 Å². The number of rotatable bonds is 3. The number of nitrogen functional groups attached to an aromatic ring is 1. The lowest BCUT2D eigenvalue weighted by molar-refractivity contribution is 0.101. The van der Waals surface area contributed by atoms with Gasteiger partial charge >= 0.3 is 0 Å². The van der Waals surface area contributed by atoms with E-state index < -0.39 is 0 Å². The van der Waals surface area contributed by atoms with Gasteiger partial charge in [-0.1, -0.05) is 12.1 Å². The molecule has 0 amide bonds. The maximum absolute atomic E-state index is 11.6. The molecule has 2 rings (SSSR count). The van der Waals surface area contributed by atoms with Crippen LogP contribution in [0, 0.1) is 6.92 Å². The SMILES string of the molecule is CC(=O)c1cc(N)ccc1Cc1cncc(C)c1. The van der Waals surface area contributed by atoms with Crippen LogP contribution in [0.4, 0.5) is 5.69 Å². The highest BCUT2D eigenvalue weighted by atomic mass is 16.1. The molecule has 0 aliphatic heterocycles. The Hall–Kier alpha value is -2.16. The third-order valence-corrected chi connectivity index (χ3v) is 2.84. The second-order valence-electron chi connectivity index (χ2n) is 4.52. The van der Waals surface area contributed by atoms with Crippen molar-refractivity contribution in [3.8, 4) is 0 Å². The Labute approximate surface area is 107 Å². The number of aromatic nitrogens is 1. The first-order chi connectivity index (χ1) is 8.56. The molecule has 92 valence electrons. The van der Waals surface area contributed by atoms with Gasteiger partial charge in [-0.15, -0.1) is 0 Å². The van der Waals surface area contributed by atoms with Gasteiger partial charge in [0.1, 0.15) is 0 Å². The van der Waals surface area contributed by atoms with Crippen LogP contribution in [0.2, 0.25) is 0 Å². The van der Waals surface area contributed by atoms with Gasteiger partial charge in [-0.3, -0.25) is 9.78 Å². The Morgan fingerprint density at radius 1 is 1.28 bits per heavy atom. The fraction of sp³-hybridized carbons (Fsp3) is 0.200. The summed E-state index contributed by atoms with van der Waals surface area (Å²) < 4.78 is 0. The van der Waals surface area contributed by atoms with Gasteiger partial charge in [0.15, 0.2) is 5.78 Å². The third-order valence-electron chi connectivity index (χ3n) is 2.84. The fourth-order valence-corrected chi connectivity index (χ4v) is 2.01. The zero-order valence-corrected chi connectivity index (χ0v) is 10.6.